The summed E-state index contributed by atoms with van der Waals surface area (Å²) >= 11 is 1.90. The summed E-state index contributed by atoms with van der Waals surface area (Å²) in [5.74, 6) is 2.21. The average Bonchev–Trinajstić information content (AvgIpc) is 2.77. The van der Waals surface area contributed by atoms with Gasteiger partial charge < -0.3 is 15.3 Å². The number of nitrogens with zero attached hydrogens (tertiary/aromatic N) is 1. The van der Waals surface area contributed by atoms with Gasteiger partial charge in [0.15, 0.2) is 0 Å². The molecule has 100 valence electrons. The summed E-state index contributed by atoms with van der Waals surface area (Å²) in [5, 5.41) is 12.2. The summed E-state index contributed by atoms with van der Waals surface area (Å²) in [4.78, 5) is 13.7. The molecule has 0 aromatic rings. The Kier molecular flexibility index (Phi) is 6.73. The van der Waals surface area contributed by atoms with Gasteiger partial charge in [-0.2, -0.15) is 11.8 Å². The molecule has 2 N–H and O–H groups in total. The van der Waals surface area contributed by atoms with Crippen LogP contribution in [-0.2, 0) is 0 Å². The number of urea groups is 1. The average molecular weight is 260 g/mol. The van der Waals surface area contributed by atoms with Crippen LogP contribution in [0.4, 0.5) is 4.79 Å². The Morgan fingerprint density at radius 1 is 1.65 bits per heavy atom. The molecule has 1 fully saturated rings. The molecule has 4 nitrogen and oxygen atoms in total. The zero-order chi connectivity index (χ0) is 12.7. The molecular formula is C12H24N2O2S. The van der Waals surface area contributed by atoms with Crippen LogP contribution in [-0.4, -0.2) is 52.8 Å². The van der Waals surface area contributed by atoms with Gasteiger partial charge in [-0.25, -0.2) is 4.79 Å². The number of carbonyl (C=O) groups excluding carboxylic acids is 1. The maximum Gasteiger partial charge on any atom is 0.317 e. The molecule has 1 aliphatic rings. The summed E-state index contributed by atoms with van der Waals surface area (Å²) in [5.41, 5.74) is 0. The van der Waals surface area contributed by atoms with Crippen LogP contribution in [0.25, 0.3) is 0 Å². The van der Waals surface area contributed by atoms with Crippen LogP contribution in [0.2, 0.25) is 0 Å². The fourth-order valence-electron chi connectivity index (χ4n) is 2.06. The Bertz CT molecular complexity index is 239. The first kappa shape index (κ1) is 14.6. The van der Waals surface area contributed by atoms with Gasteiger partial charge in [0.1, 0.15) is 0 Å². The van der Waals surface area contributed by atoms with Gasteiger partial charge in [-0.05, 0) is 37.7 Å². The molecule has 0 radical (unpaired) electrons. The molecule has 1 saturated heterocycles. The maximum absolute atomic E-state index is 12.0. The Morgan fingerprint density at radius 3 is 3.06 bits per heavy atom. The van der Waals surface area contributed by atoms with Gasteiger partial charge >= 0.3 is 6.03 Å². The fraction of sp³-hybridized carbons (Fsp3) is 0.917. The SMILES string of the molecule is CCSCCC(C)NC(=O)N1CCC[C@H]1CO. The summed E-state index contributed by atoms with van der Waals surface area (Å²) in [6.45, 7) is 5.03. The lowest BCUT2D eigenvalue weighted by Gasteiger charge is -2.25. The van der Waals surface area contributed by atoms with Crippen LogP contribution in [0.1, 0.15) is 33.1 Å². The highest BCUT2D eigenvalue weighted by Crippen LogP contribution is 2.16. The van der Waals surface area contributed by atoms with Crippen molar-refractivity contribution in [3.05, 3.63) is 0 Å². The first-order chi connectivity index (χ1) is 8.19. The monoisotopic (exact) mass is 260 g/mol. The number of aliphatic hydroxyl groups excluding tert-OH is 1. The molecule has 0 aromatic carbocycles. The Hall–Kier alpha value is -0.420. The van der Waals surface area contributed by atoms with Gasteiger partial charge in [0.2, 0.25) is 0 Å². The summed E-state index contributed by atoms with van der Waals surface area (Å²) < 4.78 is 0. The second-order valence-corrected chi connectivity index (χ2v) is 5.90. The number of hydrogen-bond acceptors (Lipinski definition) is 3. The quantitative estimate of drug-likeness (QED) is 0.715. The lowest BCUT2D eigenvalue weighted by atomic mass is 10.2. The van der Waals surface area contributed by atoms with E-state index in [0.717, 1.165) is 37.3 Å². The van der Waals surface area contributed by atoms with E-state index in [0.29, 0.717) is 0 Å². The Balaban J connectivity index is 2.27. The summed E-state index contributed by atoms with van der Waals surface area (Å²) in [6, 6.07) is 0.212. The molecule has 17 heavy (non-hydrogen) atoms. The van der Waals surface area contributed by atoms with Crippen LogP contribution in [0.15, 0.2) is 0 Å². The number of nitrogens with one attached hydrogen (secondary N) is 1. The van der Waals surface area contributed by atoms with Crippen LogP contribution in [0.3, 0.4) is 0 Å². The predicted molar refractivity (Wildman–Crippen MR) is 72.4 cm³/mol. The minimum Gasteiger partial charge on any atom is -0.394 e. The first-order valence-electron chi connectivity index (χ1n) is 6.44. The smallest absolute Gasteiger partial charge is 0.317 e. The molecule has 0 saturated carbocycles. The van der Waals surface area contributed by atoms with Gasteiger partial charge in [0.25, 0.3) is 0 Å². The summed E-state index contributed by atoms with van der Waals surface area (Å²) in [7, 11) is 0. The number of aliphatic hydroxyl groups is 1. The molecular weight excluding hydrogens is 236 g/mol. The highest BCUT2D eigenvalue weighted by Gasteiger charge is 2.28. The lowest BCUT2D eigenvalue weighted by molar-refractivity contribution is 0.155. The van der Waals surface area contributed by atoms with Crippen LogP contribution in [0, 0.1) is 0 Å². The maximum atomic E-state index is 12.0. The number of thioether (sulfide) groups is 1. The highest BCUT2D eigenvalue weighted by molar-refractivity contribution is 7.99. The minimum absolute atomic E-state index is 0.0180. The van der Waals surface area contributed by atoms with E-state index in [1.165, 1.54) is 0 Å². The molecule has 0 aromatic heterocycles. The second-order valence-electron chi connectivity index (χ2n) is 4.51. The van der Waals surface area contributed by atoms with Crippen molar-refractivity contribution in [1.29, 1.82) is 0 Å². The van der Waals surface area contributed by atoms with Crippen molar-refractivity contribution in [1.82, 2.24) is 10.2 Å². The topological polar surface area (TPSA) is 52.6 Å². The third-order valence-electron chi connectivity index (χ3n) is 3.12. The van der Waals surface area contributed by atoms with E-state index < -0.39 is 0 Å². The van der Waals surface area contributed by atoms with Crippen molar-refractivity contribution in [2.75, 3.05) is 24.7 Å². The Morgan fingerprint density at radius 2 is 2.41 bits per heavy atom. The second kappa shape index (κ2) is 7.82. The van der Waals surface area contributed by atoms with E-state index in [1.54, 1.807) is 4.90 Å². The standard InChI is InChI=1S/C12H24N2O2S/c1-3-17-8-6-10(2)13-12(16)14-7-4-5-11(14)9-15/h10-11,15H,3-9H2,1-2H3,(H,13,16)/t10?,11-/m0/s1. The van der Waals surface area contributed by atoms with E-state index >= 15 is 0 Å². The van der Waals surface area contributed by atoms with Crippen LogP contribution < -0.4 is 5.32 Å². The van der Waals surface area contributed by atoms with E-state index in [-0.39, 0.29) is 24.7 Å². The zero-order valence-corrected chi connectivity index (χ0v) is 11.6. The van der Waals surface area contributed by atoms with E-state index in [2.05, 4.69) is 12.2 Å². The minimum atomic E-state index is -0.0180. The number of rotatable bonds is 6. The molecule has 1 unspecified atom stereocenters. The van der Waals surface area contributed by atoms with Gasteiger partial charge in [-0.15, -0.1) is 0 Å². The van der Waals surface area contributed by atoms with Gasteiger partial charge in [0.05, 0.1) is 12.6 Å². The Labute approximate surface area is 108 Å². The molecule has 1 rings (SSSR count). The number of hydrogen-bond donors (Lipinski definition) is 2. The lowest BCUT2D eigenvalue weighted by Crippen LogP contribution is -2.47. The fourth-order valence-corrected chi connectivity index (χ4v) is 2.87. The van der Waals surface area contributed by atoms with Crippen molar-refractivity contribution in [3.8, 4) is 0 Å². The van der Waals surface area contributed by atoms with Gasteiger partial charge in [-0.1, -0.05) is 6.92 Å². The highest BCUT2D eigenvalue weighted by atomic mass is 32.2. The molecule has 0 spiro atoms. The number of carbonyl (C=O) groups is 1. The zero-order valence-electron chi connectivity index (χ0n) is 10.8. The summed E-state index contributed by atoms with van der Waals surface area (Å²) in [6.07, 6.45) is 2.92. The third-order valence-corrected chi connectivity index (χ3v) is 4.05. The van der Waals surface area contributed by atoms with E-state index in [4.69, 9.17) is 5.11 Å². The predicted octanol–water partition coefficient (Wildman–Crippen LogP) is 1.68. The molecule has 0 bridgehead atoms. The van der Waals surface area contributed by atoms with Crippen LogP contribution >= 0.6 is 11.8 Å². The van der Waals surface area contributed by atoms with Crippen molar-refractivity contribution in [2.24, 2.45) is 0 Å². The number of amides is 2. The van der Waals surface area contributed by atoms with Crippen molar-refractivity contribution in [3.63, 3.8) is 0 Å². The molecule has 0 aliphatic carbocycles. The van der Waals surface area contributed by atoms with Crippen LogP contribution in [0.5, 0.6) is 0 Å². The number of likely N-dealkylation sites (tertiary alicyclic amines) is 1. The van der Waals surface area contributed by atoms with Gasteiger partial charge in [0, 0.05) is 12.6 Å². The van der Waals surface area contributed by atoms with E-state index in [1.807, 2.05) is 18.7 Å². The largest absolute Gasteiger partial charge is 0.394 e. The van der Waals surface area contributed by atoms with Crippen molar-refractivity contribution in [2.45, 2.75) is 45.2 Å². The van der Waals surface area contributed by atoms with Crippen molar-refractivity contribution >= 4 is 17.8 Å². The van der Waals surface area contributed by atoms with Crippen molar-refractivity contribution < 1.29 is 9.90 Å². The normalized spacial score (nSPS) is 21.6. The first-order valence-corrected chi connectivity index (χ1v) is 7.60. The van der Waals surface area contributed by atoms with Gasteiger partial charge in [-0.3, -0.25) is 0 Å². The molecule has 2 amide bonds. The van der Waals surface area contributed by atoms with E-state index in [9.17, 15) is 4.79 Å². The molecule has 1 heterocycles. The molecule has 1 aliphatic heterocycles. The molecule has 2 atom stereocenters. The third kappa shape index (κ3) is 4.76. The molecule has 5 heteroatoms.